The molecule has 5 unspecified atom stereocenters. The molecule has 3 aliphatic rings. The first kappa shape index (κ1) is 29.4. The van der Waals surface area contributed by atoms with Gasteiger partial charge in [0.2, 0.25) is 0 Å². The predicted molar refractivity (Wildman–Crippen MR) is 134 cm³/mol. The highest BCUT2D eigenvalue weighted by molar-refractivity contribution is 6.00. The Morgan fingerprint density at radius 3 is 2.45 bits per heavy atom. The van der Waals surface area contributed by atoms with Crippen LogP contribution in [0.1, 0.15) is 60.3 Å². The van der Waals surface area contributed by atoms with Crippen molar-refractivity contribution < 1.29 is 48.0 Å². The average Bonchev–Trinajstić information content (AvgIpc) is 3.51. The molecular weight excluding hydrogens is 496 g/mol. The lowest BCUT2D eigenvalue weighted by Crippen LogP contribution is -2.44. The number of aliphatic hydroxyl groups excluding tert-OH is 1. The SMILES string of the molecule is CC(=O)OCC1=C2C(CC(C)CC/C=C(\CC(=O)/C=C(\C)CO)C(OC(C)=O)C2C(=O)C2(C)CO2)OC1=O. The van der Waals surface area contributed by atoms with Gasteiger partial charge in [-0.15, -0.1) is 0 Å². The van der Waals surface area contributed by atoms with Gasteiger partial charge in [0.05, 0.1) is 24.7 Å². The Morgan fingerprint density at radius 1 is 1.18 bits per heavy atom. The lowest BCUT2D eigenvalue weighted by atomic mass is 9.74. The molecule has 5 atom stereocenters. The first-order valence-corrected chi connectivity index (χ1v) is 12.8. The highest BCUT2D eigenvalue weighted by Crippen LogP contribution is 2.44. The third-order valence-electron chi connectivity index (χ3n) is 7.01. The van der Waals surface area contributed by atoms with Crippen LogP contribution in [0.15, 0.2) is 34.4 Å². The van der Waals surface area contributed by atoms with Gasteiger partial charge in [-0.2, -0.15) is 0 Å². The molecule has 2 aliphatic heterocycles. The monoisotopic (exact) mass is 532 g/mol. The zero-order valence-electron chi connectivity index (χ0n) is 22.5. The summed E-state index contributed by atoms with van der Waals surface area (Å²) in [5, 5.41) is 9.35. The second-order valence-electron chi connectivity index (χ2n) is 10.5. The largest absolute Gasteiger partial charge is 0.461 e. The number of ether oxygens (including phenoxy) is 4. The number of hydrogen-bond acceptors (Lipinski definition) is 10. The molecule has 1 aliphatic carbocycles. The van der Waals surface area contributed by atoms with Gasteiger partial charge in [0, 0.05) is 20.3 Å². The van der Waals surface area contributed by atoms with Gasteiger partial charge in [0.25, 0.3) is 0 Å². The van der Waals surface area contributed by atoms with E-state index >= 15 is 0 Å². The number of carbonyl (C=O) groups is 5. The van der Waals surface area contributed by atoms with E-state index < -0.39 is 54.0 Å². The maximum Gasteiger partial charge on any atom is 0.338 e. The third-order valence-corrected chi connectivity index (χ3v) is 7.01. The number of Topliss-reactive ketones (excluding diaryl/α,β-unsaturated/α-hetero) is 1. The number of rotatable bonds is 9. The van der Waals surface area contributed by atoms with Crippen molar-refractivity contribution in [2.24, 2.45) is 11.8 Å². The maximum absolute atomic E-state index is 14.0. The molecule has 38 heavy (non-hydrogen) atoms. The number of aliphatic hydroxyl groups is 1. The van der Waals surface area contributed by atoms with Crippen LogP contribution in [0.2, 0.25) is 0 Å². The summed E-state index contributed by atoms with van der Waals surface area (Å²) in [5.74, 6) is -3.89. The zero-order valence-corrected chi connectivity index (χ0v) is 22.5. The van der Waals surface area contributed by atoms with Gasteiger partial charge in [0.1, 0.15) is 24.4 Å². The van der Waals surface area contributed by atoms with E-state index in [1.807, 2.05) is 13.0 Å². The van der Waals surface area contributed by atoms with E-state index in [1.54, 1.807) is 13.8 Å². The van der Waals surface area contributed by atoms with Crippen molar-refractivity contribution in [3.05, 3.63) is 34.4 Å². The predicted octanol–water partition coefficient (Wildman–Crippen LogP) is 2.32. The molecule has 0 saturated carbocycles. The van der Waals surface area contributed by atoms with Crippen LogP contribution >= 0.6 is 0 Å². The first-order valence-electron chi connectivity index (χ1n) is 12.8. The van der Waals surface area contributed by atoms with Crippen LogP contribution in [-0.4, -0.2) is 72.2 Å². The van der Waals surface area contributed by atoms with E-state index in [4.69, 9.17) is 18.9 Å². The molecule has 208 valence electrons. The van der Waals surface area contributed by atoms with Crippen LogP contribution in [0.5, 0.6) is 0 Å². The molecule has 2 heterocycles. The fraction of sp³-hybridized carbons (Fsp3) is 0.607. The molecule has 0 spiro atoms. The topological polar surface area (TPSA) is 146 Å². The van der Waals surface area contributed by atoms with Gasteiger partial charge in [0.15, 0.2) is 11.6 Å². The van der Waals surface area contributed by atoms with Crippen LogP contribution < -0.4 is 0 Å². The summed E-state index contributed by atoms with van der Waals surface area (Å²) < 4.78 is 22.1. The van der Waals surface area contributed by atoms with Gasteiger partial charge in [-0.05, 0) is 61.8 Å². The van der Waals surface area contributed by atoms with Crippen molar-refractivity contribution in [3.8, 4) is 0 Å². The number of hydrogen-bond donors (Lipinski definition) is 1. The standard InChI is InChI=1S/C28H36O10/c1-15-7-6-8-19(11-20(32)9-16(2)12-29)25(37-18(4)31)24(26(33)28(5)14-36-28)23-21(13-35-17(3)30)27(34)38-22(23)10-15/h8-9,15,22,24-25,29H,6-7,10-14H2,1-5H3/b16-9+,19-8+. The molecule has 0 aromatic rings. The fourth-order valence-corrected chi connectivity index (χ4v) is 4.91. The van der Waals surface area contributed by atoms with E-state index in [2.05, 4.69) is 0 Å². The van der Waals surface area contributed by atoms with Crippen molar-refractivity contribution in [2.45, 2.75) is 78.1 Å². The Morgan fingerprint density at radius 2 is 1.87 bits per heavy atom. The van der Waals surface area contributed by atoms with E-state index in [-0.39, 0.29) is 36.9 Å². The summed E-state index contributed by atoms with van der Waals surface area (Å²) >= 11 is 0. The Labute approximate surface area is 222 Å². The Hall–Kier alpha value is -3.11. The van der Waals surface area contributed by atoms with E-state index in [0.717, 1.165) is 0 Å². The first-order chi connectivity index (χ1) is 17.9. The van der Waals surface area contributed by atoms with Crippen molar-refractivity contribution in [3.63, 3.8) is 0 Å². The number of esters is 3. The Kier molecular flexibility index (Phi) is 9.43. The molecule has 0 amide bonds. The maximum atomic E-state index is 14.0. The minimum absolute atomic E-state index is 0.0272. The summed E-state index contributed by atoms with van der Waals surface area (Å²) in [6, 6.07) is 0. The third kappa shape index (κ3) is 7.05. The fourth-order valence-electron chi connectivity index (χ4n) is 4.91. The molecular formula is C28H36O10. The van der Waals surface area contributed by atoms with Crippen LogP contribution in [0.4, 0.5) is 0 Å². The quantitative estimate of drug-likeness (QED) is 0.154. The summed E-state index contributed by atoms with van der Waals surface area (Å²) in [5.41, 5.74) is 0.0110. The van der Waals surface area contributed by atoms with Gasteiger partial charge in [-0.25, -0.2) is 4.79 Å². The molecule has 1 saturated heterocycles. The van der Waals surface area contributed by atoms with Crippen molar-refractivity contribution >= 4 is 29.5 Å². The van der Waals surface area contributed by atoms with Crippen LogP contribution in [0.25, 0.3) is 0 Å². The van der Waals surface area contributed by atoms with Crippen molar-refractivity contribution in [2.75, 3.05) is 19.8 Å². The van der Waals surface area contributed by atoms with E-state index in [1.165, 1.54) is 19.9 Å². The molecule has 10 nitrogen and oxygen atoms in total. The summed E-state index contributed by atoms with van der Waals surface area (Å²) in [4.78, 5) is 63.9. The van der Waals surface area contributed by atoms with E-state index in [0.29, 0.717) is 36.0 Å². The van der Waals surface area contributed by atoms with Gasteiger partial charge in [-0.1, -0.05) is 13.0 Å². The molecule has 0 aromatic heterocycles. The molecule has 3 rings (SSSR count). The number of allylic oxidation sites excluding steroid dienone is 2. The smallest absolute Gasteiger partial charge is 0.338 e. The Balaban J connectivity index is 2.23. The molecule has 10 heteroatoms. The molecule has 1 fully saturated rings. The van der Waals surface area contributed by atoms with Crippen LogP contribution in [0.3, 0.4) is 0 Å². The number of epoxide rings is 1. The Bertz CT molecular complexity index is 1090. The zero-order chi connectivity index (χ0) is 28.2. The minimum Gasteiger partial charge on any atom is -0.461 e. The van der Waals surface area contributed by atoms with Gasteiger partial charge < -0.3 is 24.1 Å². The van der Waals surface area contributed by atoms with Gasteiger partial charge in [-0.3, -0.25) is 19.2 Å². The summed E-state index contributed by atoms with van der Waals surface area (Å²) in [6.45, 7) is 7.08. The van der Waals surface area contributed by atoms with Crippen LogP contribution in [0, 0.1) is 11.8 Å². The van der Waals surface area contributed by atoms with Crippen molar-refractivity contribution in [1.82, 2.24) is 0 Å². The highest BCUT2D eigenvalue weighted by atomic mass is 16.6. The molecule has 0 radical (unpaired) electrons. The summed E-state index contributed by atoms with van der Waals surface area (Å²) in [7, 11) is 0. The molecule has 0 bridgehead atoms. The lowest BCUT2D eigenvalue weighted by molar-refractivity contribution is -0.150. The number of fused-ring (bicyclic) bond motifs is 1. The van der Waals surface area contributed by atoms with Crippen LogP contribution in [-0.2, 0) is 42.9 Å². The minimum atomic E-state index is -1.22. The normalized spacial score (nSPS) is 30.9. The second kappa shape index (κ2) is 12.2. The highest BCUT2D eigenvalue weighted by Gasteiger charge is 2.56. The summed E-state index contributed by atoms with van der Waals surface area (Å²) in [6.07, 6.45) is 2.58. The number of carbonyl (C=O) groups excluding carboxylic acids is 5. The second-order valence-corrected chi connectivity index (χ2v) is 10.5. The van der Waals surface area contributed by atoms with Crippen molar-refractivity contribution in [1.29, 1.82) is 0 Å². The molecule has 0 aromatic carbocycles. The lowest BCUT2D eigenvalue weighted by Gasteiger charge is -2.33. The average molecular weight is 533 g/mol. The molecule has 1 N–H and O–H groups in total. The van der Waals surface area contributed by atoms with E-state index in [9.17, 15) is 29.1 Å². The number of ketones is 2. The van der Waals surface area contributed by atoms with Gasteiger partial charge >= 0.3 is 17.9 Å².